The van der Waals surface area contributed by atoms with Crippen LogP contribution in [0.3, 0.4) is 0 Å². The highest BCUT2D eigenvalue weighted by atomic mass is 16.3. The molecule has 0 heterocycles. The fourth-order valence-corrected chi connectivity index (χ4v) is 2.95. The largest absolute Gasteiger partial charge is 0.393 e. The summed E-state index contributed by atoms with van der Waals surface area (Å²) < 4.78 is 0. The third kappa shape index (κ3) is 3.87. The maximum Gasteiger partial charge on any atom is 0.315 e. The van der Waals surface area contributed by atoms with Crippen molar-refractivity contribution in [1.29, 1.82) is 0 Å². The second-order valence-electron chi connectivity index (χ2n) is 6.08. The van der Waals surface area contributed by atoms with Gasteiger partial charge in [-0.15, -0.1) is 0 Å². The lowest BCUT2D eigenvalue weighted by Gasteiger charge is -2.26. The first-order valence-corrected chi connectivity index (χ1v) is 7.36. The smallest absolute Gasteiger partial charge is 0.315 e. The van der Waals surface area contributed by atoms with Crippen LogP contribution in [0.15, 0.2) is 0 Å². The molecule has 0 bridgehead atoms. The SMILES string of the molecule is CCCC1(CNC(=O)NC2CCC(O)CC2)CC1. The van der Waals surface area contributed by atoms with E-state index in [1.165, 1.54) is 25.7 Å². The Morgan fingerprint density at radius 2 is 1.94 bits per heavy atom. The van der Waals surface area contributed by atoms with E-state index in [2.05, 4.69) is 17.6 Å². The first-order valence-electron chi connectivity index (χ1n) is 7.36. The van der Waals surface area contributed by atoms with Gasteiger partial charge in [0.05, 0.1) is 6.10 Å². The standard InChI is InChI=1S/C14H26N2O2/c1-2-7-14(8-9-14)10-15-13(18)16-11-3-5-12(17)6-4-11/h11-12,17H,2-10H2,1H3,(H2,15,16,18). The van der Waals surface area contributed by atoms with Gasteiger partial charge in [-0.05, 0) is 50.4 Å². The number of carbonyl (C=O) groups excluding carboxylic acids is 1. The number of aliphatic hydroxyl groups is 1. The first kappa shape index (κ1) is 13.7. The molecule has 0 unspecified atom stereocenters. The van der Waals surface area contributed by atoms with Crippen LogP contribution in [0.25, 0.3) is 0 Å². The van der Waals surface area contributed by atoms with Gasteiger partial charge in [-0.25, -0.2) is 4.79 Å². The van der Waals surface area contributed by atoms with Crippen LogP contribution < -0.4 is 10.6 Å². The summed E-state index contributed by atoms with van der Waals surface area (Å²) in [4.78, 5) is 11.8. The number of amides is 2. The molecule has 3 N–H and O–H groups in total. The van der Waals surface area contributed by atoms with Crippen LogP contribution in [0.1, 0.15) is 58.3 Å². The van der Waals surface area contributed by atoms with Gasteiger partial charge in [0.2, 0.25) is 0 Å². The molecule has 0 aromatic rings. The quantitative estimate of drug-likeness (QED) is 0.704. The van der Waals surface area contributed by atoms with Gasteiger partial charge in [0, 0.05) is 12.6 Å². The molecule has 4 nitrogen and oxygen atoms in total. The van der Waals surface area contributed by atoms with Crippen LogP contribution in [0, 0.1) is 5.41 Å². The number of urea groups is 1. The van der Waals surface area contributed by atoms with Crippen molar-refractivity contribution >= 4 is 6.03 Å². The highest BCUT2D eigenvalue weighted by Crippen LogP contribution is 2.48. The Morgan fingerprint density at radius 3 is 2.50 bits per heavy atom. The zero-order chi connectivity index (χ0) is 13.0. The normalized spacial score (nSPS) is 29.7. The van der Waals surface area contributed by atoms with Crippen LogP contribution >= 0.6 is 0 Å². The van der Waals surface area contributed by atoms with E-state index in [9.17, 15) is 9.90 Å². The lowest BCUT2D eigenvalue weighted by Crippen LogP contribution is -2.45. The molecule has 2 fully saturated rings. The summed E-state index contributed by atoms with van der Waals surface area (Å²) in [5.41, 5.74) is 0.412. The van der Waals surface area contributed by atoms with Crippen molar-refractivity contribution in [3.8, 4) is 0 Å². The third-order valence-corrected chi connectivity index (χ3v) is 4.39. The molecule has 2 rings (SSSR count). The molecule has 18 heavy (non-hydrogen) atoms. The molecule has 2 amide bonds. The van der Waals surface area contributed by atoms with E-state index in [-0.39, 0.29) is 18.2 Å². The van der Waals surface area contributed by atoms with Crippen molar-refractivity contribution in [3.63, 3.8) is 0 Å². The number of hydrogen-bond donors (Lipinski definition) is 3. The van der Waals surface area contributed by atoms with E-state index in [1.54, 1.807) is 0 Å². The predicted octanol–water partition coefficient (Wildman–Crippen LogP) is 2.17. The minimum atomic E-state index is -0.162. The summed E-state index contributed by atoms with van der Waals surface area (Å²) in [6.07, 6.45) is 8.20. The van der Waals surface area contributed by atoms with Crippen molar-refractivity contribution in [2.45, 2.75) is 70.4 Å². The molecule has 0 radical (unpaired) electrons. The van der Waals surface area contributed by atoms with Crippen LogP contribution in [-0.4, -0.2) is 29.8 Å². The Kier molecular flexibility index (Phi) is 4.49. The molecule has 2 saturated carbocycles. The second-order valence-corrected chi connectivity index (χ2v) is 6.08. The lowest BCUT2D eigenvalue weighted by atomic mass is 9.93. The van der Waals surface area contributed by atoms with Crippen molar-refractivity contribution < 1.29 is 9.90 Å². The Balaban J connectivity index is 1.63. The molecular weight excluding hydrogens is 228 g/mol. The number of rotatable bonds is 5. The number of hydrogen-bond acceptors (Lipinski definition) is 2. The summed E-state index contributed by atoms with van der Waals surface area (Å²) in [6.45, 7) is 3.02. The van der Waals surface area contributed by atoms with Crippen molar-refractivity contribution in [1.82, 2.24) is 10.6 Å². The minimum absolute atomic E-state index is 0.0289. The average molecular weight is 254 g/mol. The molecule has 0 saturated heterocycles. The van der Waals surface area contributed by atoms with Gasteiger partial charge in [-0.3, -0.25) is 0 Å². The van der Waals surface area contributed by atoms with Gasteiger partial charge in [0.25, 0.3) is 0 Å². The van der Waals surface area contributed by atoms with Gasteiger partial charge >= 0.3 is 6.03 Å². The second kappa shape index (κ2) is 5.91. The van der Waals surface area contributed by atoms with Crippen LogP contribution in [0.2, 0.25) is 0 Å². The molecule has 0 aliphatic heterocycles. The fourth-order valence-electron chi connectivity index (χ4n) is 2.95. The lowest BCUT2D eigenvalue weighted by molar-refractivity contribution is 0.117. The van der Waals surface area contributed by atoms with Gasteiger partial charge in [-0.1, -0.05) is 13.3 Å². The van der Waals surface area contributed by atoms with E-state index in [4.69, 9.17) is 0 Å². The van der Waals surface area contributed by atoms with Crippen molar-refractivity contribution in [3.05, 3.63) is 0 Å². The monoisotopic (exact) mass is 254 g/mol. The zero-order valence-electron chi connectivity index (χ0n) is 11.4. The maximum atomic E-state index is 11.8. The minimum Gasteiger partial charge on any atom is -0.393 e. The summed E-state index contributed by atoms with van der Waals surface area (Å²) in [5, 5.41) is 15.4. The first-order chi connectivity index (χ1) is 8.63. The van der Waals surface area contributed by atoms with Gasteiger partial charge in [0.1, 0.15) is 0 Å². The van der Waals surface area contributed by atoms with Gasteiger partial charge < -0.3 is 15.7 Å². The van der Waals surface area contributed by atoms with E-state index in [1.807, 2.05) is 0 Å². The molecule has 4 heteroatoms. The molecule has 104 valence electrons. The van der Waals surface area contributed by atoms with E-state index < -0.39 is 0 Å². The van der Waals surface area contributed by atoms with Gasteiger partial charge in [-0.2, -0.15) is 0 Å². The Bertz CT molecular complexity index is 282. The zero-order valence-corrected chi connectivity index (χ0v) is 11.4. The molecule has 0 aromatic carbocycles. The van der Waals surface area contributed by atoms with Crippen LogP contribution in [-0.2, 0) is 0 Å². The van der Waals surface area contributed by atoms with Crippen LogP contribution in [0.5, 0.6) is 0 Å². The molecule has 0 spiro atoms. The Morgan fingerprint density at radius 1 is 1.28 bits per heavy atom. The topological polar surface area (TPSA) is 61.4 Å². The molecule has 2 aliphatic carbocycles. The molecule has 2 aliphatic rings. The van der Waals surface area contributed by atoms with E-state index in [0.717, 1.165) is 32.2 Å². The summed E-state index contributed by atoms with van der Waals surface area (Å²) in [7, 11) is 0. The third-order valence-electron chi connectivity index (χ3n) is 4.39. The Labute approximate surface area is 110 Å². The van der Waals surface area contributed by atoms with Crippen molar-refractivity contribution in [2.24, 2.45) is 5.41 Å². The number of nitrogens with one attached hydrogen (secondary N) is 2. The fraction of sp³-hybridized carbons (Fsp3) is 0.929. The number of carbonyl (C=O) groups is 1. The summed E-state index contributed by atoms with van der Waals surface area (Å²) in [6, 6.07) is 0.216. The maximum absolute atomic E-state index is 11.8. The highest BCUT2D eigenvalue weighted by molar-refractivity contribution is 5.74. The Hall–Kier alpha value is -0.770. The summed E-state index contributed by atoms with van der Waals surface area (Å²) in [5.74, 6) is 0. The predicted molar refractivity (Wildman–Crippen MR) is 71.4 cm³/mol. The highest BCUT2D eigenvalue weighted by Gasteiger charge is 2.41. The molecule has 0 atom stereocenters. The van der Waals surface area contributed by atoms with Crippen LogP contribution in [0.4, 0.5) is 4.79 Å². The number of aliphatic hydroxyl groups excluding tert-OH is 1. The van der Waals surface area contributed by atoms with Crippen molar-refractivity contribution in [2.75, 3.05) is 6.54 Å². The molecular formula is C14H26N2O2. The van der Waals surface area contributed by atoms with Gasteiger partial charge in [0.15, 0.2) is 0 Å². The average Bonchev–Trinajstić information content (AvgIpc) is 3.11. The van der Waals surface area contributed by atoms with E-state index in [0.29, 0.717) is 5.41 Å². The summed E-state index contributed by atoms with van der Waals surface area (Å²) >= 11 is 0. The van der Waals surface area contributed by atoms with E-state index >= 15 is 0 Å². The molecule has 0 aromatic heterocycles.